The number of hydrogen-bond acceptors (Lipinski definition) is 2. The maximum absolute atomic E-state index is 13.2. The predicted molar refractivity (Wildman–Crippen MR) is 51.6 cm³/mol. The van der Waals surface area contributed by atoms with Crippen molar-refractivity contribution < 1.29 is 4.39 Å². The zero-order chi connectivity index (χ0) is 9.68. The van der Waals surface area contributed by atoms with E-state index in [4.69, 9.17) is 12.2 Å². The van der Waals surface area contributed by atoms with E-state index in [0.717, 1.165) is 5.56 Å². The van der Waals surface area contributed by atoms with Gasteiger partial charge in [-0.15, -0.1) is 6.42 Å². The van der Waals surface area contributed by atoms with Crippen molar-refractivity contribution in [3.05, 3.63) is 29.6 Å². The van der Waals surface area contributed by atoms with E-state index in [1.54, 1.807) is 12.1 Å². The van der Waals surface area contributed by atoms with Gasteiger partial charge in [0.15, 0.2) is 0 Å². The Morgan fingerprint density at radius 2 is 2.31 bits per heavy atom. The van der Waals surface area contributed by atoms with Gasteiger partial charge in [0, 0.05) is 6.54 Å². The van der Waals surface area contributed by atoms with Crippen LogP contribution < -0.4 is 11.1 Å². The lowest BCUT2D eigenvalue weighted by molar-refractivity contribution is 0.628. The third-order valence-corrected chi connectivity index (χ3v) is 1.65. The Labute approximate surface area is 76.9 Å². The van der Waals surface area contributed by atoms with E-state index in [0.29, 0.717) is 18.8 Å². The maximum Gasteiger partial charge on any atom is 0.146 e. The summed E-state index contributed by atoms with van der Waals surface area (Å²) in [5.74, 6) is 2.05. The van der Waals surface area contributed by atoms with Crippen molar-refractivity contribution in [2.24, 2.45) is 5.73 Å². The summed E-state index contributed by atoms with van der Waals surface area (Å²) in [5, 5.41) is 2.76. The van der Waals surface area contributed by atoms with Crippen LogP contribution in [-0.4, -0.2) is 6.54 Å². The average molecular weight is 178 g/mol. The zero-order valence-electron chi connectivity index (χ0n) is 7.18. The molecule has 0 radical (unpaired) electrons. The van der Waals surface area contributed by atoms with E-state index >= 15 is 0 Å². The van der Waals surface area contributed by atoms with E-state index in [9.17, 15) is 4.39 Å². The molecular formula is C10H11FN2. The lowest BCUT2D eigenvalue weighted by atomic mass is 10.2. The Balaban J connectivity index is 2.80. The first kappa shape index (κ1) is 9.56. The number of nitrogens with two attached hydrogens (primary N) is 1. The lowest BCUT2D eigenvalue weighted by Crippen LogP contribution is -2.02. The highest BCUT2D eigenvalue weighted by atomic mass is 19.1. The third-order valence-electron chi connectivity index (χ3n) is 1.65. The van der Waals surface area contributed by atoms with Crippen molar-refractivity contribution in [1.29, 1.82) is 0 Å². The standard InChI is InChI=1S/C10H11FN2/c1-2-5-13-10-4-3-8(7-12)6-9(10)11/h1,3-4,6,13H,5,7,12H2. The van der Waals surface area contributed by atoms with Crippen molar-refractivity contribution in [2.75, 3.05) is 11.9 Å². The fourth-order valence-corrected chi connectivity index (χ4v) is 0.975. The van der Waals surface area contributed by atoms with E-state index < -0.39 is 0 Å². The molecule has 0 aromatic heterocycles. The highest BCUT2D eigenvalue weighted by molar-refractivity contribution is 5.47. The number of rotatable bonds is 3. The number of halogens is 1. The van der Waals surface area contributed by atoms with Crippen LogP contribution in [0.25, 0.3) is 0 Å². The van der Waals surface area contributed by atoms with Crippen LogP contribution in [0.5, 0.6) is 0 Å². The second-order valence-electron chi connectivity index (χ2n) is 2.58. The largest absolute Gasteiger partial charge is 0.372 e. The Morgan fingerprint density at radius 1 is 1.54 bits per heavy atom. The molecule has 0 aliphatic carbocycles. The third kappa shape index (κ3) is 2.46. The van der Waals surface area contributed by atoms with Crippen LogP contribution in [0.1, 0.15) is 5.56 Å². The number of benzene rings is 1. The molecule has 0 aliphatic heterocycles. The number of hydrogen-bond donors (Lipinski definition) is 2. The van der Waals surface area contributed by atoms with Crippen molar-refractivity contribution in [3.63, 3.8) is 0 Å². The fraction of sp³-hybridized carbons (Fsp3) is 0.200. The molecule has 0 heterocycles. The summed E-state index contributed by atoms with van der Waals surface area (Å²) in [6, 6.07) is 4.80. The molecule has 0 spiro atoms. The van der Waals surface area contributed by atoms with Crippen LogP contribution >= 0.6 is 0 Å². The minimum atomic E-state index is -0.321. The monoisotopic (exact) mass is 178 g/mol. The Bertz CT molecular complexity index is 328. The molecule has 0 saturated heterocycles. The molecule has 68 valence electrons. The van der Waals surface area contributed by atoms with E-state index in [1.807, 2.05) is 0 Å². The first-order chi connectivity index (χ1) is 6.27. The molecule has 0 amide bonds. The van der Waals surface area contributed by atoms with Gasteiger partial charge in [0.1, 0.15) is 5.82 Å². The van der Waals surface area contributed by atoms with Crippen molar-refractivity contribution >= 4 is 5.69 Å². The van der Waals surface area contributed by atoms with E-state index in [2.05, 4.69) is 11.2 Å². The maximum atomic E-state index is 13.2. The summed E-state index contributed by atoms with van der Waals surface area (Å²) in [4.78, 5) is 0. The van der Waals surface area contributed by atoms with Gasteiger partial charge in [0.05, 0.1) is 12.2 Å². The number of nitrogens with one attached hydrogen (secondary N) is 1. The Hall–Kier alpha value is -1.53. The molecule has 2 nitrogen and oxygen atoms in total. The minimum absolute atomic E-state index is 0.318. The molecule has 3 N–H and O–H groups in total. The second kappa shape index (κ2) is 4.48. The summed E-state index contributed by atoms with van der Waals surface area (Å²) in [5.41, 5.74) is 6.53. The van der Waals surface area contributed by atoms with E-state index in [1.165, 1.54) is 6.07 Å². The van der Waals surface area contributed by atoms with Gasteiger partial charge in [-0.05, 0) is 17.7 Å². The molecule has 0 unspecified atom stereocenters. The van der Waals surface area contributed by atoms with Crippen LogP contribution in [-0.2, 0) is 6.54 Å². The van der Waals surface area contributed by atoms with Gasteiger partial charge < -0.3 is 11.1 Å². The second-order valence-corrected chi connectivity index (χ2v) is 2.58. The summed E-state index contributed by atoms with van der Waals surface area (Å²) >= 11 is 0. The van der Waals surface area contributed by atoms with Crippen LogP contribution in [0.2, 0.25) is 0 Å². The molecular weight excluding hydrogens is 167 g/mol. The smallest absolute Gasteiger partial charge is 0.146 e. The van der Waals surface area contributed by atoms with Gasteiger partial charge >= 0.3 is 0 Å². The first-order valence-electron chi connectivity index (χ1n) is 3.93. The lowest BCUT2D eigenvalue weighted by Gasteiger charge is -2.05. The zero-order valence-corrected chi connectivity index (χ0v) is 7.18. The summed E-state index contributed by atoms with van der Waals surface area (Å²) in [7, 11) is 0. The molecule has 0 aliphatic rings. The number of terminal acetylenes is 1. The Morgan fingerprint density at radius 3 is 2.85 bits per heavy atom. The molecule has 1 aromatic carbocycles. The van der Waals surface area contributed by atoms with Gasteiger partial charge in [0.2, 0.25) is 0 Å². The van der Waals surface area contributed by atoms with Crippen LogP contribution in [0.3, 0.4) is 0 Å². The van der Waals surface area contributed by atoms with E-state index in [-0.39, 0.29) is 5.82 Å². The summed E-state index contributed by atoms with van der Waals surface area (Å²) < 4.78 is 13.2. The van der Waals surface area contributed by atoms with Gasteiger partial charge in [-0.1, -0.05) is 12.0 Å². The summed E-state index contributed by atoms with van der Waals surface area (Å²) in [6.07, 6.45) is 5.03. The van der Waals surface area contributed by atoms with Gasteiger partial charge in [0.25, 0.3) is 0 Å². The molecule has 0 bridgehead atoms. The first-order valence-corrected chi connectivity index (χ1v) is 3.93. The van der Waals surface area contributed by atoms with Gasteiger partial charge in [-0.3, -0.25) is 0 Å². The molecule has 0 fully saturated rings. The minimum Gasteiger partial charge on any atom is -0.372 e. The van der Waals surface area contributed by atoms with Crippen LogP contribution in [0.4, 0.5) is 10.1 Å². The summed E-state index contributed by atoms with van der Waals surface area (Å²) in [6.45, 7) is 0.658. The van der Waals surface area contributed by atoms with Crippen molar-refractivity contribution in [1.82, 2.24) is 0 Å². The molecule has 3 heteroatoms. The SMILES string of the molecule is C#CCNc1ccc(CN)cc1F. The quantitative estimate of drug-likeness (QED) is 0.685. The molecule has 0 atom stereocenters. The highest BCUT2D eigenvalue weighted by Crippen LogP contribution is 2.14. The topological polar surface area (TPSA) is 38.0 Å². The molecule has 0 saturated carbocycles. The fourth-order valence-electron chi connectivity index (χ4n) is 0.975. The van der Waals surface area contributed by atoms with Crippen LogP contribution in [0, 0.1) is 18.2 Å². The van der Waals surface area contributed by atoms with Gasteiger partial charge in [-0.25, -0.2) is 4.39 Å². The van der Waals surface area contributed by atoms with Crippen LogP contribution in [0.15, 0.2) is 18.2 Å². The molecule has 1 aromatic rings. The molecule has 1 rings (SSSR count). The van der Waals surface area contributed by atoms with Crippen molar-refractivity contribution in [3.8, 4) is 12.3 Å². The predicted octanol–water partition coefficient (Wildman–Crippen LogP) is 1.33. The normalized spacial score (nSPS) is 9.31. The Kier molecular flexibility index (Phi) is 3.30. The van der Waals surface area contributed by atoms with Gasteiger partial charge in [-0.2, -0.15) is 0 Å². The highest BCUT2D eigenvalue weighted by Gasteiger charge is 2.00. The molecule has 13 heavy (non-hydrogen) atoms. The average Bonchev–Trinajstić information content (AvgIpc) is 2.16. The van der Waals surface area contributed by atoms with Crippen molar-refractivity contribution in [2.45, 2.75) is 6.54 Å². The number of anilines is 1.